The lowest BCUT2D eigenvalue weighted by Crippen LogP contribution is -2.30. The first-order valence-electron chi connectivity index (χ1n) is 6.79. The second kappa shape index (κ2) is 5.29. The quantitative estimate of drug-likeness (QED) is 0.881. The summed E-state index contributed by atoms with van der Waals surface area (Å²) in [6.45, 7) is 1.68. The van der Waals surface area contributed by atoms with Gasteiger partial charge in [-0.15, -0.1) is 0 Å². The number of nitrogens with one attached hydrogen (secondary N) is 1. The molecule has 0 unspecified atom stereocenters. The number of carbonyl (C=O) groups is 1. The highest BCUT2D eigenvalue weighted by Gasteiger charge is 2.36. The van der Waals surface area contributed by atoms with E-state index in [1.807, 2.05) is 30.3 Å². The fourth-order valence-electron chi connectivity index (χ4n) is 2.57. The van der Waals surface area contributed by atoms with Crippen LogP contribution in [0, 0.1) is 6.92 Å². The molecule has 1 saturated heterocycles. The van der Waals surface area contributed by atoms with Crippen molar-refractivity contribution >= 4 is 5.91 Å². The van der Waals surface area contributed by atoms with Gasteiger partial charge in [-0.05, 0) is 6.92 Å². The zero-order chi connectivity index (χ0) is 15.0. The molecule has 2 atom stereocenters. The van der Waals surface area contributed by atoms with Crippen molar-refractivity contribution in [2.75, 3.05) is 13.1 Å². The van der Waals surface area contributed by atoms with Gasteiger partial charge in [0.15, 0.2) is 0 Å². The monoisotopic (exact) mass is 289 g/mol. The smallest absolute Gasteiger partial charge is 0.258 e. The molecule has 1 aromatic heterocycles. The minimum Gasteiger partial charge on any atom is -0.388 e. The number of H-pyrrole nitrogens is 1. The van der Waals surface area contributed by atoms with Crippen molar-refractivity contribution in [2.45, 2.75) is 19.2 Å². The fraction of sp³-hybridized carbons (Fsp3) is 0.333. The van der Waals surface area contributed by atoms with Gasteiger partial charge in [0.25, 0.3) is 5.91 Å². The highest BCUT2D eigenvalue weighted by atomic mass is 19.1. The molecule has 2 heterocycles. The van der Waals surface area contributed by atoms with E-state index >= 15 is 0 Å². The van der Waals surface area contributed by atoms with Crippen LogP contribution in [-0.2, 0) is 0 Å². The Morgan fingerprint density at radius 3 is 2.71 bits per heavy atom. The van der Waals surface area contributed by atoms with Gasteiger partial charge < -0.3 is 10.0 Å². The number of aryl methyl sites for hydroxylation is 1. The lowest BCUT2D eigenvalue weighted by molar-refractivity contribution is 0.0764. The number of hydrogen-bond acceptors (Lipinski definition) is 3. The van der Waals surface area contributed by atoms with E-state index in [1.54, 1.807) is 6.92 Å². The van der Waals surface area contributed by atoms with Gasteiger partial charge >= 0.3 is 0 Å². The Labute approximate surface area is 121 Å². The molecule has 2 aromatic rings. The molecule has 3 rings (SSSR count). The maximum absolute atomic E-state index is 13.4. The summed E-state index contributed by atoms with van der Waals surface area (Å²) in [6, 6.07) is 9.34. The molecule has 1 aliphatic heterocycles. The first-order valence-corrected chi connectivity index (χ1v) is 6.79. The van der Waals surface area contributed by atoms with Crippen LogP contribution < -0.4 is 0 Å². The Morgan fingerprint density at radius 2 is 2.10 bits per heavy atom. The highest BCUT2D eigenvalue weighted by Crippen LogP contribution is 2.26. The van der Waals surface area contributed by atoms with Crippen LogP contribution in [0.2, 0.25) is 0 Å². The number of alkyl halides is 1. The fourth-order valence-corrected chi connectivity index (χ4v) is 2.57. The molecule has 1 aliphatic rings. The number of nitrogens with zero attached hydrogens (tertiary/aromatic N) is 2. The number of β-amino-alcohol motifs (C(OH)–C–C–N with tert-alkyl or cyclic N) is 1. The first-order chi connectivity index (χ1) is 10.1. The first kappa shape index (κ1) is 13.8. The molecule has 110 valence electrons. The second-order valence-electron chi connectivity index (χ2n) is 5.23. The minimum absolute atomic E-state index is 0.0127. The molecule has 2 N–H and O–H groups in total. The number of aromatic amines is 1. The van der Waals surface area contributed by atoms with Gasteiger partial charge in [0, 0.05) is 17.8 Å². The number of aromatic nitrogens is 2. The van der Waals surface area contributed by atoms with Gasteiger partial charge in [-0.1, -0.05) is 30.3 Å². The van der Waals surface area contributed by atoms with Crippen molar-refractivity contribution in [3.8, 4) is 11.3 Å². The lowest BCUT2D eigenvalue weighted by atomic mass is 10.1. The van der Waals surface area contributed by atoms with Crippen LogP contribution in [0.5, 0.6) is 0 Å². The van der Waals surface area contributed by atoms with E-state index in [-0.39, 0.29) is 19.0 Å². The zero-order valence-corrected chi connectivity index (χ0v) is 11.6. The molecular formula is C15H16FN3O2. The van der Waals surface area contributed by atoms with Crippen molar-refractivity contribution in [3.05, 3.63) is 41.6 Å². The lowest BCUT2D eigenvalue weighted by Gasteiger charge is -2.15. The number of carbonyl (C=O) groups excluding carboxylic acids is 1. The third-order valence-electron chi connectivity index (χ3n) is 3.72. The van der Waals surface area contributed by atoms with Gasteiger partial charge in [0.05, 0.1) is 12.1 Å². The van der Waals surface area contributed by atoms with Crippen molar-refractivity contribution in [1.82, 2.24) is 15.1 Å². The van der Waals surface area contributed by atoms with Crippen LogP contribution in [0.4, 0.5) is 4.39 Å². The van der Waals surface area contributed by atoms with Crippen LogP contribution in [-0.4, -0.2) is 51.5 Å². The maximum Gasteiger partial charge on any atom is 0.258 e. The van der Waals surface area contributed by atoms with Crippen molar-refractivity contribution in [3.63, 3.8) is 0 Å². The molecule has 0 bridgehead atoms. The van der Waals surface area contributed by atoms with Crippen molar-refractivity contribution < 1.29 is 14.3 Å². The number of aliphatic hydroxyl groups is 1. The summed E-state index contributed by atoms with van der Waals surface area (Å²) in [5.41, 5.74) is 2.44. The van der Waals surface area contributed by atoms with Crippen LogP contribution in [0.3, 0.4) is 0 Å². The van der Waals surface area contributed by atoms with Crippen LogP contribution in [0.25, 0.3) is 11.3 Å². The van der Waals surface area contributed by atoms with E-state index < -0.39 is 12.3 Å². The standard InChI is InChI=1S/C15H16FN3O2/c1-9-13(15(21)19-7-11(16)12(20)8-19)14(18-17-9)10-5-3-2-4-6-10/h2-6,11-12,20H,7-8H2,1H3,(H,17,18)/t11-,12-/m1/s1. The van der Waals surface area contributed by atoms with E-state index in [0.29, 0.717) is 17.0 Å². The Morgan fingerprint density at radius 1 is 1.38 bits per heavy atom. The topological polar surface area (TPSA) is 69.2 Å². The number of amides is 1. The molecule has 0 radical (unpaired) electrons. The van der Waals surface area contributed by atoms with Crippen molar-refractivity contribution in [2.24, 2.45) is 0 Å². The van der Waals surface area contributed by atoms with E-state index in [9.17, 15) is 14.3 Å². The molecule has 0 spiro atoms. The molecular weight excluding hydrogens is 273 g/mol. The van der Waals surface area contributed by atoms with Gasteiger partial charge in [0.1, 0.15) is 18.0 Å². The summed E-state index contributed by atoms with van der Waals surface area (Å²) < 4.78 is 13.4. The van der Waals surface area contributed by atoms with E-state index in [2.05, 4.69) is 10.2 Å². The Kier molecular flexibility index (Phi) is 3.47. The second-order valence-corrected chi connectivity index (χ2v) is 5.23. The Hall–Kier alpha value is -2.21. The summed E-state index contributed by atoms with van der Waals surface area (Å²) in [7, 11) is 0. The largest absolute Gasteiger partial charge is 0.388 e. The molecule has 1 fully saturated rings. The normalized spacial score (nSPS) is 21.8. The van der Waals surface area contributed by atoms with Crippen molar-refractivity contribution in [1.29, 1.82) is 0 Å². The molecule has 21 heavy (non-hydrogen) atoms. The van der Waals surface area contributed by atoms with E-state index in [0.717, 1.165) is 5.56 Å². The number of aliphatic hydroxyl groups excluding tert-OH is 1. The Bertz CT molecular complexity index is 646. The third-order valence-corrected chi connectivity index (χ3v) is 3.72. The predicted molar refractivity (Wildman–Crippen MR) is 75.6 cm³/mol. The predicted octanol–water partition coefficient (Wildman–Crippen LogP) is 1.54. The van der Waals surface area contributed by atoms with E-state index in [1.165, 1.54) is 4.90 Å². The van der Waals surface area contributed by atoms with Crippen LogP contribution >= 0.6 is 0 Å². The molecule has 1 aromatic carbocycles. The average Bonchev–Trinajstić information content (AvgIpc) is 3.03. The summed E-state index contributed by atoms with van der Waals surface area (Å²) in [6.07, 6.45) is -2.50. The van der Waals surface area contributed by atoms with Crippen LogP contribution in [0.15, 0.2) is 30.3 Å². The maximum atomic E-state index is 13.4. The van der Waals surface area contributed by atoms with Crippen LogP contribution in [0.1, 0.15) is 16.1 Å². The Balaban J connectivity index is 1.96. The number of halogens is 1. The summed E-state index contributed by atoms with van der Waals surface area (Å²) in [4.78, 5) is 13.9. The molecule has 6 heteroatoms. The molecule has 0 saturated carbocycles. The molecule has 0 aliphatic carbocycles. The van der Waals surface area contributed by atoms with Gasteiger partial charge in [0.2, 0.25) is 0 Å². The molecule has 1 amide bonds. The average molecular weight is 289 g/mol. The number of hydrogen-bond donors (Lipinski definition) is 2. The zero-order valence-electron chi connectivity index (χ0n) is 11.6. The summed E-state index contributed by atoms with van der Waals surface area (Å²) in [5, 5.41) is 16.5. The SMILES string of the molecule is Cc1[nH]nc(-c2ccccc2)c1C(=O)N1C[C@@H](O)[C@H](F)C1. The highest BCUT2D eigenvalue weighted by molar-refractivity contribution is 6.01. The van der Waals surface area contributed by atoms with E-state index in [4.69, 9.17) is 0 Å². The summed E-state index contributed by atoms with van der Waals surface area (Å²) in [5.74, 6) is -0.306. The third kappa shape index (κ3) is 2.42. The minimum atomic E-state index is -1.39. The number of rotatable bonds is 2. The van der Waals surface area contributed by atoms with Gasteiger partial charge in [-0.2, -0.15) is 5.10 Å². The molecule has 5 nitrogen and oxygen atoms in total. The number of benzene rings is 1. The number of likely N-dealkylation sites (tertiary alicyclic amines) is 1. The van der Waals surface area contributed by atoms with Gasteiger partial charge in [-0.3, -0.25) is 9.89 Å². The summed E-state index contributed by atoms with van der Waals surface area (Å²) >= 11 is 0. The van der Waals surface area contributed by atoms with Gasteiger partial charge in [-0.25, -0.2) is 4.39 Å².